The van der Waals surface area contributed by atoms with Gasteiger partial charge in [-0.15, -0.1) is 0 Å². The number of hydrogen-bond acceptors (Lipinski definition) is 1. The van der Waals surface area contributed by atoms with Gasteiger partial charge in [0.1, 0.15) is 0 Å². The maximum atomic E-state index is 11.0. The molecule has 1 aliphatic rings. The molecule has 1 nitrogen and oxygen atoms in total. The van der Waals surface area contributed by atoms with Gasteiger partial charge in [0.15, 0.2) is 5.78 Å². The highest BCUT2D eigenvalue weighted by atomic mass is 16.1. The van der Waals surface area contributed by atoms with Crippen LogP contribution in [0.3, 0.4) is 0 Å². The molecule has 0 bridgehead atoms. The number of rotatable bonds is 3. The number of allylic oxidation sites excluding steroid dienone is 4. The largest absolute Gasteiger partial charge is 0.295 e. The number of hydrogen-bond donors (Lipinski definition) is 0. The van der Waals surface area contributed by atoms with Crippen LogP contribution in [0.15, 0.2) is 23.3 Å². The zero-order chi connectivity index (χ0) is 11.5. The Morgan fingerprint density at radius 3 is 2.73 bits per heavy atom. The molecule has 0 heterocycles. The standard InChI is InChI=1S/C14H22O/c1-5-14(4)10-6-7-11(2)13(14)9-8-12(3)15/h8-9H,5-7,10H2,1-4H3/b9-8+. The highest BCUT2D eigenvalue weighted by Gasteiger charge is 2.29. The quantitative estimate of drug-likeness (QED) is 0.637. The molecule has 0 N–H and O–H groups in total. The summed E-state index contributed by atoms with van der Waals surface area (Å²) in [5, 5.41) is 0. The van der Waals surface area contributed by atoms with Gasteiger partial charge < -0.3 is 0 Å². The predicted octanol–water partition coefficient (Wildman–Crippen LogP) is 4.05. The van der Waals surface area contributed by atoms with Crippen molar-refractivity contribution in [3.8, 4) is 0 Å². The molecular formula is C14H22O. The Bertz CT molecular complexity index is 309. The molecule has 0 aromatic rings. The maximum Gasteiger partial charge on any atom is 0.152 e. The van der Waals surface area contributed by atoms with Gasteiger partial charge in [-0.25, -0.2) is 0 Å². The van der Waals surface area contributed by atoms with E-state index in [0.717, 1.165) is 6.42 Å². The van der Waals surface area contributed by atoms with Crippen LogP contribution in [0, 0.1) is 5.41 Å². The molecule has 0 saturated carbocycles. The van der Waals surface area contributed by atoms with Crippen LogP contribution >= 0.6 is 0 Å². The molecule has 1 rings (SSSR count). The summed E-state index contributed by atoms with van der Waals surface area (Å²) in [6.45, 7) is 8.36. The first-order valence-corrected chi connectivity index (χ1v) is 5.88. The summed E-state index contributed by atoms with van der Waals surface area (Å²) in [6, 6.07) is 0. The number of carbonyl (C=O) groups is 1. The summed E-state index contributed by atoms with van der Waals surface area (Å²) < 4.78 is 0. The van der Waals surface area contributed by atoms with E-state index in [2.05, 4.69) is 20.8 Å². The van der Waals surface area contributed by atoms with Gasteiger partial charge in [-0.05, 0) is 56.6 Å². The minimum Gasteiger partial charge on any atom is -0.295 e. The number of ketones is 1. The van der Waals surface area contributed by atoms with Crippen LogP contribution in [-0.4, -0.2) is 5.78 Å². The molecule has 84 valence electrons. The Balaban J connectivity index is 3.02. The monoisotopic (exact) mass is 206 g/mol. The van der Waals surface area contributed by atoms with E-state index in [0.29, 0.717) is 0 Å². The molecule has 1 atom stereocenters. The first kappa shape index (κ1) is 12.2. The van der Waals surface area contributed by atoms with Crippen molar-refractivity contribution in [3.05, 3.63) is 23.3 Å². The fourth-order valence-corrected chi connectivity index (χ4v) is 2.44. The van der Waals surface area contributed by atoms with Crippen LogP contribution in [0.5, 0.6) is 0 Å². The van der Waals surface area contributed by atoms with Crippen molar-refractivity contribution < 1.29 is 4.79 Å². The second-order valence-corrected chi connectivity index (χ2v) is 4.91. The van der Waals surface area contributed by atoms with Crippen molar-refractivity contribution in [2.75, 3.05) is 0 Å². The molecular weight excluding hydrogens is 184 g/mol. The lowest BCUT2D eigenvalue weighted by molar-refractivity contribution is -0.112. The second kappa shape index (κ2) is 4.78. The molecule has 1 aliphatic carbocycles. The molecule has 1 unspecified atom stereocenters. The molecule has 1 heteroatoms. The van der Waals surface area contributed by atoms with Crippen molar-refractivity contribution in [3.63, 3.8) is 0 Å². The predicted molar refractivity (Wildman–Crippen MR) is 64.8 cm³/mol. The zero-order valence-corrected chi connectivity index (χ0v) is 10.4. The Morgan fingerprint density at radius 1 is 1.53 bits per heavy atom. The maximum absolute atomic E-state index is 11.0. The highest BCUT2D eigenvalue weighted by Crippen LogP contribution is 2.43. The van der Waals surface area contributed by atoms with Gasteiger partial charge in [0.05, 0.1) is 0 Å². The Morgan fingerprint density at radius 2 is 2.20 bits per heavy atom. The van der Waals surface area contributed by atoms with Crippen LogP contribution in [0.1, 0.15) is 53.4 Å². The molecule has 0 fully saturated rings. The van der Waals surface area contributed by atoms with Crippen LogP contribution in [-0.2, 0) is 4.79 Å². The molecule has 0 aliphatic heterocycles. The third-order valence-electron chi connectivity index (χ3n) is 3.66. The fourth-order valence-electron chi connectivity index (χ4n) is 2.44. The van der Waals surface area contributed by atoms with Crippen molar-refractivity contribution in [2.45, 2.75) is 53.4 Å². The first-order valence-electron chi connectivity index (χ1n) is 5.88. The van der Waals surface area contributed by atoms with E-state index in [-0.39, 0.29) is 11.2 Å². The van der Waals surface area contributed by atoms with Crippen LogP contribution in [0.25, 0.3) is 0 Å². The molecule has 15 heavy (non-hydrogen) atoms. The number of carbonyl (C=O) groups excluding carboxylic acids is 1. The van der Waals surface area contributed by atoms with Crippen LogP contribution in [0.4, 0.5) is 0 Å². The Hall–Kier alpha value is -0.850. The van der Waals surface area contributed by atoms with Gasteiger partial charge in [0, 0.05) is 0 Å². The average Bonchev–Trinajstić information content (AvgIpc) is 2.16. The molecule has 0 radical (unpaired) electrons. The van der Waals surface area contributed by atoms with E-state index in [1.54, 1.807) is 13.0 Å². The highest BCUT2D eigenvalue weighted by molar-refractivity contribution is 5.87. The zero-order valence-electron chi connectivity index (χ0n) is 10.4. The van der Waals surface area contributed by atoms with Crippen molar-refractivity contribution >= 4 is 5.78 Å². The Kier molecular flexibility index (Phi) is 3.90. The van der Waals surface area contributed by atoms with E-state index in [4.69, 9.17) is 0 Å². The summed E-state index contributed by atoms with van der Waals surface area (Å²) >= 11 is 0. The molecule has 0 amide bonds. The minimum atomic E-state index is 0.138. The van der Waals surface area contributed by atoms with E-state index in [9.17, 15) is 4.79 Å². The summed E-state index contributed by atoms with van der Waals surface area (Å²) in [5.74, 6) is 0.138. The molecule has 0 aromatic heterocycles. The molecule has 0 aromatic carbocycles. The van der Waals surface area contributed by atoms with E-state index in [1.165, 1.54) is 30.4 Å². The third-order valence-corrected chi connectivity index (χ3v) is 3.66. The van der Waals surface area contributed by atoms with Gasteiger partial charge in [0.25, 0.3) is 0 Å². The Labute approximate surface area is 93.3 Å². The van der Waals surface area contributed by atoms with Crippen LogP contribution in [0.2, 0.25) is 0 Å². The van der Waals surface area contributed by atoms with E-state index >= 15 is 0 Å². The molecule has 0 saturated heterocycles. The lowest BCUT2D eigenvalue weighted by Gasteiger charge is -2.35. The SMILES string of the molecule is CCC1(C)CCCC(C)=C1/C=C/C(C)=O. The van der Waals surface area contributed by atoms with Crippen LogP contribution < -0.4 is 0 Å². The lowest BCUT2D eigenvalue weighted by atomic mass is 9.69. The third kappa shape index (κ3) is 2.80. The van der Waals surface area contributed by atoms with Gasteiger partial charge in [0.2, 0.25) is 0 Å². The van der Waals surface area contributed by atoms with Gasteiger partial charge in [-0.2, -0.15) is 0 Å². The van der Waals surface area contributed by atoms with Gasteiger partial charge in [-0.1, -0.05) is 25.5 Å². The fraction of sp³-hybridized carbons (Fsp3) is 0.643. The summed E-state index contributed by atoms with van der Waals surface area (Å²) in [6.07, 6.45) is 8.62. The van der Waals surface area contributed by atoms with Gasteiger partial charge in [-0.3, -0.25) is 4.79 Å². The smallest absolute Gasteiger partial charge is 0.152 e. The lowest BCUT2D eigenvalue weighted by Crippen LogP contribution is -2.22. The average molecular weight is 206 g/mol. The normalized spacial score (nSPS) is 27.5. The van der Waals surface area contributed by atoms with Crippen molar-refractivity contribution in [2.24, 2.45) is 5.41 Å². The topological polar surface area (TPSA) is 17.1 Å². The molecule has 0 spiro atoms. The minimum absolute atomic E-state index is 0.138. The van der Waals surface area contributed by atoms with E-state index in [1.807, 2.05) is 6.08 Å². The van der Waals surface area contributed by atoms with Crippen molar-refractivity contribution in [1.82, 2.24) is 0 Å². The second-order valence-electron chi connectivity index (χ2n) is 4.91. The summed E-state index contributed by atoms with van der Waals surface area (Å²) in [5.41, 5.74) is 3.14. The summed E-state index contributed by atoms with van der Waals surface area (Å²) in [7, 11) is 0. The van der Waals surface area contributed by atoms with Crippen molar-refractivity contribution in [1.29, 1.82) is 0 Å². The van der Waals surface area contributed by atoms with Gasteiger partial charge >= 0.3 is 0 Å². The van der Waals surface area contributed by atoms with E-state index < -0.39 is 0 Å². The first-order chi connectivity index (χ1) is 6.99. The summed E-state index contributed by atoms with van der Waals surface area (Å²) in [4.78, 5) is 11.0.